The number of rotatable bonds is 4. The third-order valence-electron chi connectivity index (χ3n) is 5.20. The molecule has 4 rings (SSSR count). The van der Waals surface area contributed by atoms with Gasteiger partial charge in [0.25, 0.3) is 0 Å². The van der Waals surface area contributed by atoms with E-state index in [1.54, 1.807) is 18.2 Å². The molecule has 0 saturated heterocycles. The third kappa shape index (κ3) is 4.14. The highest BCUT2D eigenvalue weighted by Crippen LogP contribution is 2.41. The molecule has 6 nitrogen and oxygen atoms in total. The summed E-state index contributed by atoms with van der Waals surface area (Å²) in [7, 11) is 0. The van der Waals surface area contributed by atoms with Crippen LogP contribution in [0.1, 0.15) is 27.9 Å². The molecule has 0 bridgehead atoms. The molecule has 0 spiro atoms. The number of hydrogen-bond donors (Lipinski definition) is 1. The van der Waals surface area contributed by atoms with Crippen molar-refractivity contribution in [1.82, 2.24) is 9.97 Å². The Labute approximate surface area is 189 Å². The summed E-state index contributed by atoms with van der Waals surface area (Å²) in [5.74, 6) is 1.42. The molecule has 0 radical (unpaired) electrons. The molecule has 0 fully saturated rings. The van der Waals surface area contributed by atoms with Crippen LogP contribution in [0.25, 0.3) is 6.08 Å². The van der Waals surface area contributed by atoms with Crippen LogP contribution in [0.15, 0.2) is 46.9 Å². The molecule has 31 heavy (non-hydrogen) atoms. The number of halogens is 1. The molecule has 0 amide bonds. The van der Waals surface area contributed by atoms with E-state index in [0.717, 1.165) is 57.0 Å². The Bertz CT molecular complexity index is 1240. The van der Waals surface area contributed by atoms with Crippen molar-refractivity contribution in [3.63, 3.8) is 0 Å². The zero-order valence-electron chi connectivity index (χ0n) is 17.1. The summed E-state index contributed by atoms with van der Waals surface area (Å²) in [6.07, 6.45) is 4.15. The number of hydrogen-bond acceptors (Lipinski definition) is 6. The summed E-state index contributed by atoms with van der Waals surface area (Å²) in [5, 5.41) is 21.0. The maximum atomic E-state index is 8.98. The minimum absolute atomic E-state index is 0.523. The molecule has 0 aliphatic carbocycles. The molecule has 7 heteroatoms. The topological polar surface area (TPSA) is 88.6 Å². The summed E-state index contributed by atoms with van der Waals surface area (Å²) >= 11 is 3.71. The molecule has 1 aliphatic heterocycles. The number of nitrogens with one attached hydrogen (secondary N) is 1. The van der Waals surface area contributed by atoms with Gasteiger partial charge in [-0.2, -0.15) is 15.5 Å². The zero-order valence-corrected chi connectivity index (χ0v) is 18.7. The summed E-state index contributed by atoms with van der Waals surface area (Å²) in [5.41, 5.74) is 6.66. The average Bonchev–Trinajstić information content (AvgIpc) is 3.16. The lowest BCUT2D eigenvalue weighted by Gasteiger charge is -2.23. The fourth-order valence-corrected chi connectivity index (χ4v) is 4.58. The smallest absolute Gasteiger partial charge is 0.229 e. The van der Waals surface area contributed by atoms with Crippen LogP contribution in [0.4, 0.5) is 23.1 Å². The van der Waals surface area contributed by atoms with Crippen molar-refractivity contribution in [3.05, 3.63) is 74.9 Å². The second-order valence-electron chi connectivity index (χ2n) is 7.28. The van der Waals surface area contributed by atoms with Gasteiger partial charge >= 0.3 is 0 Å². The minimum Gasteiger partial charge on any atom is -0.324 e. The number of nitriles is 2. The van der Waals surface area contributed by atoms with Gasteiger partial charge in [0.1, 0.15) is 5.82 Å². The first-order valence-corrected chi connectivity index (χ1v) is 10.6. The number of nitrogens with zero attached hydrogens (tertiary/aromatic N) is 5. The number of aryl methyl sites for hydroxylation is 2. The molecule has 3 aromatic rings. The van der Waals surface area contributed by atoms with Crippen molar-refractivity contribution < 1.29 is 0 Å². The quantitative estimate of drug-likeness (QED) is 0.491. The van der Waals surface area contributed by atoms with E-state index in [2.05, 4.69) is 50.2 Å². The van der Waals surface area contributed by atoms with Gasteiger partial charge in [-0.25, -0.2) is 4.98 Å². The first kappa shape index (κ1) is 20.6. The van der Waals surface area contributed by atoms with Crippen LogP contribution in [0, 0.1) is 36.5 Å². The Hall–Kier alpha value is -3.68. The molecular formula is C24H19BrN6. The lowest BCUT2D eigenvalue weighted by molar-refractivity contribution is 0.978. The van der Waals surface area contributed by atoms with Crippen LogP contribution in [0.5, 0.6) is 0 Å². The van der Waals surface area contributed by atoms with Gasteiger partial charge in [0.05, 0.1) is 23.4 Å². The highest BCUT2D eigenvalue weighted by atomic mass is 79.9. The molecule has 1 aromatic heterocycles. The van der Waals surface area contributed by atoms with Crippen LogP contribution >= 0.6 is 15.9 Å². The van der Waals surface area contributed by atoms with Gasteiger partial charge in [0.15, 0.2) is 0 Å². The first-order chi connectivity index (χ1) is 15.0. The number of aromatic nitrogens is 2. The predicted octanol–water partition coefficient (Wildman–Crippen LogP) is 5.70. The normalized spacial score (nSPS) is 12.5. The van der Waals surface area contributed by atoms with Crippen molar-refractivity contribution in [2.75, 3.05) is 16.8 Å². The Morgan fingerprint density at radius 1 is 1.13 bits per heavy atom. The number of anilines is 4. The zero-order chi connectivity index (χ0) is 22.0. The second kappa shape index (κ2) is 8.59. The van der Waals surface area contributed by atoms with Crippen molar-refractivity contribution in [1.29, 1.82) is 10.5 Å². The predicted molar refractivity (Wildman–Crippen MR) is 125 cm³/mol. The van der Waals surface area contributed by atoms with Gasteiger partial charge in [-0.1, -0.05) is 0 Å². The summed E-state index contributed by atoms with van der Waals surface area (Å²) in [6, 6.07) is 15.4. The van der Waals surface area contributed by atoms with Crippen molar-refractivity contribution in [2.45, 2.75) is 20.3 Å². The van der Waals surface area contributed by atoms with E-state index in [0.29, 0.717) is 11.5 Å². The van der Waals surface area contributed by atoms with E-state index in [-0.39, 0.29) is 0 Å². The van der Waals surface area contributed by atoms with Crippen molar-refractivity contribution >= 4 is 45.1 Å². The number of benzene rings is 2. The monoisotopic (exact) mass is 470 g/mol. The third-order valence-corrected chi connectivity index (χ3v) is 5.80. The Balaban J connectivity index is 1.70. The summed E-state index contributed by atoms with van der Waals surface area (Å²) in [6.45, 7) is 4.88. The molecule has 0 atom stereocenters. The van der Waals surface area contributed by atoms with Crippen molar-refractivity contribution in [3.8, 4) is 12.1 Å². The number of allylic oxidation sites excluding steroid dienone is 1. The van der Waals surface area contributed by atoms with Crippen LogP contribution < -0.4 is 10.2 Å². The fraction of sp³-hybridized carbons (Fsp3) is 0.167. The van der Waals surface area contributed by atoms with Crippen molar-refractivity contribution in [2.24, 2.45) is 0 Å². The largest absolute Gasteiger partial charge is 0.324 e. The molecule has 152 valence electrons. The van der Waals surface area contributed by atoms with Crippen LogP contribution in [0.3, 0.4) is 0 Å². The van der Waals surface area contributed by atoms with Gasteiger partial charge in [-0.05, 0) is 89.8 Å². The number of fused-ring (bicyclic) bond motifs is 1. The van der Waals surface area contributed by atoms with Gasteiger partial charge in [0.2, 0.25) is 5.95 Å². The molecular weight excluding hydrogens is 452 g/mol. The van der Waals surface area contributed by atoms with Crippen LogP contribution in [0.2, 0.25) is 0 Å². The van der Waals surface area contributed by atoms with E-state index in [1.165, 1.54) is 6.08 Å². The van der Waals surface area contributed by atoms with Gasteiger partial charge < -0.3 is 10.2 Å². The average molecular weight is 471 g/mol. The minimum atomic E-state index is 0.523. The molecule has 1 aliphatic rings. The molecule has 2 aromatic carbocycles. The lowest BCUT2D eigenvalue weighted by Crippen LogP contribution is -2.17. The highest BCUT2D eigenvalue weighted by Gasteiger charge is 2.28. The first-order valence-electron chi connectivity index (χ1n) is 9.78. The van der Waals surface area contributed by atoms with E-state index in [1.807, 2.05) is 31.2 Å². The molecule has 2 heterocycles. The van der Waals surface area contributed by atoms with Gasteiger partial charge in [-0.15, -0.1) is 0 Å². The van der Waals surface area contributed by atoms with E-state index in [9.17, 15) is 0 Å². The molecule has 1 N–H and O–H groups in total. The second-order valence-corrected chi connectivity index (χ2v) is 8.14. The fourth-order valence-electron chi connectivity index (χ4n) is 3.79. The highest BCUT2D eigenvalue weighted by molar-refractivity contribution is 9.10. The maximum Gasteiger partial charge on any atom is 0.229 e. The lowest BCUT2D eigenvalue weighted by atomic mass is 10.1. The summed E-state index contributed by atoms with van der Waals surface area (Å²) < 4.78 is 0.954. The summed E-state index contributed by atoms with van der Waals surface area (Å²) in [4.78, 5) is 11.7. The Morgan fingerprint density at radius 2 is 1.90 bits per heavy atom. The molecule has 0 unspecified atom stereocenters. The van der Waals surface area contributed by atoms with E-state index < -0.39 is 0 Å². The van der Waals surface area contributed by atoms with Gasteiger partial charge in [0, 0.05) is 34.0 Å². The maximum absolute atomic E-state index is 8.98. The Morgan fingerprint density at radius 3 is 2.58 bits per heavy atom. The van der Waals surface area contributed by atoms with Gasteiger partial charge in [-0.3, -0.25) is 0 Å². The van der Waals surface area contributed by atoms with Crippen LogP contribution in [-0.2, 0) is 6.42 Å². The van der Waals surface area contributed by atoms with Crippen LogP contribution in [-0.4, -0.2) is 16.5 Å². The standard InChI is InChI=1S/C24H19BrN6/c1-15-12-18(4-3-10-26)13-21(25)22(15)31-11-9-20-16(2)28-24(30-23(20)31)29-19-7-5-17(14-27)6-8-19/h3-8,12-13H,9,11H2,1-2H3,(H,28,29,30)/b4-3+. The molecule has 0 saturated carbocycles. The van der Waals surface area contributed by atoms with E-state index in [4.69, 9.17) is 15.5 Å². The SMILES string of the molecule is Cc1cc(/C=C/C#N)cc(Br)c1N1CCc2c(C)nc(Nc3ccc(C#N)cc3)nc21. The van der Waals surface area contributed by atoms with E-state index >= 15 is 0 Å². The Kier molecular flexibility index (Phi) is 5.70.